The lowest BCUT2D eigenvalue weighted by Gasteiger charge is -2.15. The fraction of sp³-hybridized carbons (Fsp3) is 0.0323. The van der Waals surface area contributed by atoms with Crippen molar-refractivity contribution in [3.8, 4) is 39.7 Å². The summed E-state index contributed by atoms with van der Waals surface area (Å²) in [6.07, 6.45) is 1.49. The number of carbonyl (C=O) groups is 1. The summed E-state index contributed by atoms with van der Waals surface area (Å²) in [7, 11) is 1.47. The van der Waals surface area contributed by atoms with E-state index >= 15 is 0 Å². The Hall–Kier alpha value is -5.10. The van der Waals surface area contributed by atoms with Gasteiger partial charge in [0.05, 0.1) is 24.7 Å². The first kappa shape index (κ1) is 23.6. The van der Waals surface area contributed by atoms with Crippen LogP contribution >= 0.6 is 0 Å². The maximum atomic E-state index is 12.7. The Morgan fingerprint density at radius 3 is 1.97 bits per heavy atom. The van der Waals surface area contributed by atoms with Gasteiger partial charge in [-0.15, -0.1) is 0 Å². The van der Waals surface area contributed by atoms with E-state index in [0.29, 0.717) is 16.9 Å². The molecule has 0 unspecified atom stereocenters. The molecule has 4 aromatic carbocycles. The Morgan fingerprint density at radius 2 is 1.41 bits per heavy atom. The zero-order valence-corrected chi connectivity index (χ0v) is 20.2. The van der Waals surface area contributed by atoms with Gasteiger partial charge in [-0.3, -0.25) is 4.79 Å². The molecule has 2 N–H and O–H groups in total. The lowest BCUT2D eigenvalue weighted by atomic mass is 10.1. The summed E-state index contributed by atoms with van der Waals surface area (Å²) in [5.41, 5.74) is 8.99. The molecule has 0 fully saturated rings. The van der Waals surface area contributed by atoms with Gasteiger partial charge in [-0.2, -0.15) is 5.10 Å². The van der Waals surface area contributed by atoms with Crippen LogP contribution in [0.4, 0.5) is 0 Å². The van der Waals surface area contributed by atoms with E-state index in [2.05, 4.69) is 51.5 Å². The number of nitrogens with one attached hydrogen (secondary N) is 1. The van der Waals surface area contributed by atoms with Gasteiger partial charge in [0.25, 0.3) is 5.91 Å². The van der Waals surface area contributed by atoms with Gasteiger partial charge >= 0.3 is 0 Å². The van der Waals surface area contributed by atoms with E-state index in [1.807, 2.05) is 48.5 Å². The standard InChI is InChI=1S/C31H25N3O3/c1-37-30-20-22(12-19-29(30)35)21-32-33-31(36)25-13-15-26(16-14-25)34-27(23-8-4-2-5-9-23)17-18-28(34)24-10-6-3-7-11-24/h2-21,35H,1H3,(H,33,36)/b32-21-. The average Bonchev–Trinajstić information content (AvgIpc) is 3.40. The van der Waals surface area contributed by atoms with Crippen molar-refractivity contribution in [2.24, 2.45) is 5.10 Å². The molecule has 5 aromatic rings. The number of hydrazone groups is 1. The summed E-state index contributed by atoms with van der Waals surface area (Å²) in [5.74, 6) is 0.0468. The van der Waals surface area contributed by atoms with Crippen LogP contribution in [0.1, 0.15) is 15.9 Å². The minimum atomic E-state index is -0.326. The molecule has 37 heavy (non-hydrogen) atoms. The summed E-state index contributed by atoms with van der Waals surface area (Å²) < 4.78 is 7.29. The molecule has 0 saturated heterocycles. The van der Waals surface area contributed by atoms with Crippen LogP contribution in [0.5, 0.6) is 11.5 Å². The van der Waals surface area contributed by atoms with Crippen molar-refractivity contribution in [3.63, 3.8) is 0 Å². The summed E-state index contributed by atoms with van der Waals surface area (Å²) >= 11 is 0. The number of nitrogens with zero attached hydrogens (tertiary/aromatic N) is 2. The molecule has 1 heterocycles. The molecular weight excluding hydrogens is 462 g/mol. The fourth-order valence-corrected chi connectivity index (χ4v) is 4.15. The number of aromatic nitrogens is 1. The summed E-state index contributed by atoms with van der Waals surface area (Å²) in [6.45, 7) is 0. The molecule has 0 bridgehead atoms. The zero-order chi connectivity index (χ0) is 25.6. The first-order chi connectivity index (χ1) is 18.1. The van der Waals surface area contributed by atoms with E-state index in [0.717, 1.165) is 28.2 Å². The van der Waals surface area contributed by atoms with Gasteiger partial charge in [0.2, 0.25) is 0 Å². The Bertz CT molecular complexity index is 1480. The van der Waals surface area contributed by atoms with Crippen molar-refractivity contribution in [2.75, 3.05) is 7.11 Å². The molecule has 182 valence electrons. The molecular formula is C31H25N3O3. The predicted octanol–water partition coefficient (Wildman–Crippen LogP) is 6.29. The minimum absolute atomic E-state index is 0.0392. The molecule has 0 aliphatic carbocycles. The first-order valence-electron chi connectivity index (χ1n) is 11.8. The van der Waals surface area contributed by atoms with Gasteiger partial charge in [0, 0.05) is 11.3 Å². The fourth-order valence-electron chi connectivity index (χ4n) is 4.15. The highest BCUT2D eigenvalue weighted by atomic mass is 16.5. The highest BCUT2D eigenvalue weighted by Crippen LogP contribution is 2.32. The maximum Gasteiger partial charge on any atom is 0.271 e. The first-order valence-corrected chi connectivity index (χ1v) is 11.8. The predicted molar refractivity (Wildman–Crippen MR) is 146 cm³/mol. The van der Waals surface area contributed by atoms with Crippen molar-refractivity contribution < 1.29 is 14.6 Å². The molecule has 0 radical (unpaired) electrons. The second kappa shape index (κ2) is 10.7. The highest BCUT2D eigenvalue weighted by Gasteiger charge is 2.14. The maximum absolute atomic E-state index is 12.7. The summed E-state index contributed by atoms with van der Waals surface area (Å²) in [5, 5.41) is 13.7. The van der Waals surface area contributed by atoms with E-state index in [-0.39, 0.29) is 11.7 Å². The normalized spacial score (nSPS) is 10.9. The average molecular weight is 488 g/mol. The van der Waals surface area contributed by atoms with Crippen molar-refractivity contribution in [3.05, 3.63) is 126 Å². The number of rotatable bonds is 7. The van der Waals surface area contributed by atoms with Crippen LogP contribution in [0.2, 0.25) is 0 Å². The Morgan fingerprint density at radius 1 is 0.811 bits per heavy atom. The minimum Gasteiger partial charge on any atom is -0.504 e. The van der Waals surface area contributed by atoms with Crippen molar-refractivity contribution in [2.45, 2.75) is 0 Å². The molecule has 6 nitrogen and oxygen atoms in total. The SMILES string of the molecule is COc1cc(/C=N\NC(=O)c2ccc(-n3c(-c4ccccc4)ccc3-c3ccccc3)cc2)ccc1O. The third-order valence-electron chi connectivity index (χ3n) is 5.99. The smallest absolute Gasteiger partial charge is 0.271 e. The molecule has 0 aliphatic rings. The number of amides is 1. The van der Waals surface area contributed by atoms with Crippen LogP contribution in [0, 0.1) is 0 Å². The number of hydrogen-bond acceptors (Lipinski definition) is 4. The third-order valence-corrected chi connectivity index (χ3v) is 5.99. The van der Waals surface area contributed by atoms with Gasteiger partial charge < -0.3 is 14.4 Å². The quantitative estimate of drug-likeness (QED) is 0.209. The van der Waals surface area contributed by atoms with Crippen LogP contribution < -0.4 is 10.2 Å². The molecule has 5 rings (SSSR count). The number of aromatic hydroxyl groups is 1. The van der Waals surface area contributed by atoms with E-state index < -0.39 is 0 Å². The van der Waals surface area contributed by atoms with Gasteiger partial charge in [0.1, 0.15) is 0 Å². The van der Waals surface area contributed by atoms with Crippen molar-refractivity contribution in [1.82, 2.24) is 9.99 Å². The van der Waals surface area contributed by atoms with E-state index in [1.165, 1.54) is 19.4 Å². The van der Waals surface area contributed by atoms with E-state index in [4.69, 9.17) is 4.74 Å². The summed E-state index contributed by atoms with van der Waals surface area (Å²) in [4.78, 5) is 12.7. The number of phenols is 1. The number of methoxy groups -OCH3 is 1. The number of ether oxygens (including phenoxy) is 1. The van der Waals surface area contributed by atoms with Gasteiger partial charge in [-0.1, -0.05) is 60.7 Å². The Kier molecular flexibility index (Phi) is 6.81. The monoisotopic (exact) mass is 487 g/mol. The molecule has 0 spiro atoms. The van der Waals surface area contributed by atoms with Crippen LogP contribution in [-0.4, -0.2) is 28.9 Å². The number of hydrogen-bond donors (Lipinski definition) is 2. The van der Waals surface area contributed by atoms with Crippen LogP contribution in [0.25, 0.3) is 28.2 Å². The highest BCUT2D eigenvalue weighted by molar-refractivity contribution is 5.95. The van der Waals surface area contributed by atoms with Crippen LogP contribution in [0.15, 0.2) is 120 Å². The number of phenolic OH excluding ortho intramolecular Hbond substituents is 1. The topological polar surface area (TPSA) is 75.8 Å². The second-order valence-electron chi connectivity index (χ2n) is 8.35. The molecule has 0 saturated carbocycles. The molecule has 6 heteroatoms. The van der Waals surface area contributed by atoms with Gasteiger partial charge in [0.15, 0.2) is 11.5 Å². The lowest BCUT2D eigenvalue weighted by Crippen LogP contribution is -2.17. The van der Waals surface area contributed by atoms with Gasteiger partial charge in [-0.05, 0) is 71.3 Å². The van der Waals surface area contributed by atoms with Crippen LogP contribution in [-0.2, 0) is 0 Å². The Balaban J connectivity index is 1.40. The number of carbonyl (C=O) groups excluding carboxylic acids is 1. The van der Waals surface area contributed by atoms with Crippen molar-refractivity contribution in [1.29, 1.82) is 0 Å². The van der Waals surface area contributed by atoms with Crippen LogP contribution in [0.3, 0.4) is 0 Å². The lowest BCUT2D eigenvalue weighted by molar-refractivity contribution is 0.0955. The second-order valence-corrected chi connectivity index (χ2v) is 8.35. The number of benzene rings is 4. The van der Waals surface area contributed by atoms with E-state index in [9.17, 15) is 9.90 Å². The molecule has 1 amide bonds. The zero-order valence-electron chi connectivity index (χ0n) is 20.2. The molecule has 1 aromatic heterocycles. The third kappa shape index (κ3) is 5.13. The van der Waals surface area contributed by atoms with Gasteiger partial charge in [-0.25, -0.2) is 5.43 Å². The molecule has 0 aliphatic heterocycles. The Labute approximate surface area is 215 Å². The summed E-state index contributed by atoms with van der Waals surface area (Å²) in [6, 6.07) is 36.9. The van der Waals surface area contributed by atoms with Crippen molar-refractivity contribution >= 4 is 12.1 Å². The largest absolute Gasteiger partial charge is 0.504 e. The van der Waals surface area contributed by atoms with E-state index in [1.54, 1.807) is 24.3 Å². The molecule has 0 atom stereocenters.